The maximum Gasteiger partial charge on any atom is 0.762 e. The monoisotopic (exact) mass is 290 g/mol. The maximum absolute atomic E-state index is 9.67. The van der Waals surface area contributed by atoms with Gasteiger partial charge in [-0.15, -0.1) is 0 Å². The van der Waals surface area contributed by atoms with Gasteiger partial charge in [-0.1, -0.05) is 19.6 Å². The number of aromatic nitrogens is 2. The van der Waals surface area contributed by atoms with Crippen LogP contribution < -0.4 is 9.27 Å². The zero-order valence-corrected chi connectivity index (χ0v) is 10.6. The fourth-order valence-corrected chi connectivity index (χ4v) is 2.54. The summed E-state index contributed by atoms with van der Waals surface area (Å²) in [6.07, 6.45) is 3.89. The van der Waals surface area contributed by atoms with Crippen molar-refractivity contribution in [2.45, 2.75) is 33.2 Å². The number of nitrogens with zero attached hydrogens (tertiary/aromatic N) is 2. The quantitative estimate of drug-likeness (QED) is 0.375. The third-order valence-corrected chi connectivity index (χ3v) is 3.26. The standard InChI is InChI=1S/C12H15N2.CH4.BF3.FH/c1-13-10-6-2-3-7-11(10)14-9-5-4-8-12(13)14;;2-1(3)4;/h2-3,6-7H,4-5,8-9H2,1H3;1H4;;1H/q+1;;;/p-1. The SMILES string of the molecule is C.C[n+]1c2n(c3ccccc31)CCCC2.FB(F)F.[F-]. The van der Waals surface area contributed by atoms with Gasteiger partial charge in [0.1, 0.15) is 0 Å². The Balaban J connectivity index is 0.000000542. The average Bonchev–Trinajstić information content (AvgIpc) is 2.64. The molecule has 0 amide bonds. The normalized spacial score (nSPS) is 12.4. The second-order valence-electron chi connectivity index (χ2n) is 4.32. The second kappa shape index (κ2) is 7.92. The van der Waals surface area contributed by atoms with Gasteiger partial charge in [-0.2, -0.15) is 0 Å². The molecule has 0 N–H and O–H groups in total. The van der Waals surface area contributed by atoms with E-state index in [0.29, 0.717) is 0 Å². The van der Waals surface area contributed by atoms with E-state index in [2.05, 4.69) is 40.4 Å². The van der Waals surface area contributed by atoms with Crippen molar-refractivity contribution in [3.8, 4) is 0 Å². The lowest BCUT2D eigenvalue weighted by molar-refractivity contribution is -0.654. The van der Waals surface area contributed by atoms with Crippen molar-refractivity contribution in [2.24, 2.45) is 7.05 Å². The molecule has 1 aliphatic heterocycles. The molecule has 0 unspecified atom stereocenters. The summed E-state index contributed by atoms with van der Waals surface area (Å²) in [5.74, 6) is 1.48. The number of hydrogen-bond acceptors (Lipinski definition) is 0. The smallest absolute Gasteiger partial charge is 0.762 e. The molecule has 1 aliphatic rings. The van der Waals surface area contributed by atoms with Gasteiger partial charge in [-0.05, 0) is 25.0 Å². The Kier molecular flexibility index (Phi) is 7.31. The van der Waals surface area contributed by atoms with Crippen LogP contribution in [0, 0.1) is 0 Å². The highest BCUT2D eigenvalue weighted by Crippen LogP contribution is 2.19. The Morgan fingerprint density at radius 2 is 1.75 bits per heavy atom. The van der Waals surface area contributed by atoms with E-state index in [1.807, 2.05) is 0 Å². The number of imidazole rings is 1. The van der Waals surface area contributed by atoms with E-state index in [-0.39, 0.29) is 12.1 Å². The molecule has 2 heterocycles. The lowest BCUT2D eigenvalue weighted by atomic mass is 10.1. The predicted molar refractivity (Wildman–Crippen MR) is 71.9 cm³/mol. The summed E-state index contributed by atoms with van der Waals surface area (Å²) in [5, 5.41) is 0. The first-order chi connectivity index (χ1) is 8.61. The lowest BCUT2D eigenvalue weighted by Gasteiger charge is -2.08. The van der Waals surface area contributed by atoms with Crippen molar-refractivity contribution < 1.29 is 22.2 Å². The highest BCUT2D eigenvalue weighted by Gasteiger charge is 2.24. The van der Waals surface area contributed by atoms with E-state index in [4.69, 9.17) is 0 Å². The molecule has 2 aromatic rings. The maximum atomic E-state index is 9.67. The molecule has 0 saturated heterocycles. The third-order valence-electron chi connectivity index (χ3n) is 3.26. The molecule has 1 aromatic carbocycles. The molecular weight excluding hydrogens is 271 g/mol. The molecule has 0 spiro atoms. The van der Waals surface area contributed by atoms with E-state index in [1.165, 1.54) is 42.7 Å². The zero-order valence-electron chi connectivity index (χ0n) is 10.6. The lowest BCUT2D eigenvalue weighted by Crippen LogP contribution is -3.00. The van der Waals surface area contributed by atoms with Crippen LogP contribution in [0.1, 0.15) is 26.1 Å². The first-order valence-electron chi connectivity index (χ1n) is 5.99. The summed E-state index contributed by atoms with van der Waals surface area (Å²) in [7, 11) is -1.49. The molecule has 7 heteroatoms. The summed E-state index contributed by atoms with van der Waals surface area (Å²) in [6, 6.07) is 8.68. The molecule has 0 bridgehead atoms. The number of benzene rings is 1. The van der Waals surface area contributed by atoms with E-state index < -0.39 is 7.54 Å². The van der Waals surface area contributed by atoms with Gasteiger partial charge in [0.05, 0.1) is 13.6 Å². The number of halogens is 4. The average molecular weight is 290 g/mol. The summed E-state index contributed by atoms with van der Waals surface area (Å²) in [6.45, 7) is 1.19. The van der Waals surface area contributed by atoms with Crippen molar-refractivity contribution >= 4 is 18.6 Å². The molecule has 0 radical (unpaired) electrons. The molecule has 0 atom stereocenters. The zero-order chi connectivity index (χ0) is 13.1. The summed E-state index contributed by atoms with van der Waals surface area (Å²) >= 11 is 0. The molecule has 20 heavy (non-hydrogen) atoms. The highest BCUT2D eigenvalue weighted by molar-refractivity contribution is 6.33. The van der Waals surface area contributed by atoms with Crippen molar-refractivity contribution in [1.82, 2.24) is 4.57 Å². The van der Waals surface area contributed by atoms with E-state index in [1.54, 1.807) is 0 Å². The molecule has 1 aromatic heterocycles. The Morgan fingerprint density at radius 1 is 1.15 bits per heavy atom. The van der Waals surface area contributed by atoms with Gasteiger partial charge in [0.25, 0.3) is 5.82 Å². The number of aryl methyl sites for hydroxylation is 2. The third kappa shape index (κ3) is 3.74. The fraction of sp³-hybridized carbons (Fsp3) is 0.462. The van der Waals surface area contributed by atoms with Gasteiger partial charge in [0.15, 0.2) is 11.0 Å². The minimum absolute atomic E-state index is 0. The van der Waals surface area contributed by atoms with Gasteiger partial charge in [0, 0.05) is 6.42 Å². The molecule has 2 nitrogen and oxygen atoms in total. The van der Waals surface area contributed by atoms with E-state index in [9.17, 15) is 12.9 Å². The van der Waals surface area contributed by atoms with Crippen LogP contribution in [0.15, 0.2) is 24.3 Å². The van der Waals surface area contributed by atoms with Crippen LogP contribution >= 0.6 is 0 Å². The van der Waals surface area contributed by atoms with Gasteiger partial charge in [-0.3, -0.25) is 12.9 Å². The van der Waals surface area contributed by atoms with Crippen LogP contribution in [0.3, 0.4) is 0 Å². The molecule has 0 aliphatic carbocycles. The van der Waals surface area contributed by atoms with Gasteiger partial charge in [-0.25, -0.2) is 9.13 Å². The highest BCUT2D eigenvalue weighted by atomic mass is 19.4. The van der Waals surface area contributed by atoms with Crippen LogP contribution in [0.2, 0.25) is 0 Å². The molecule has 112 valence electrons. The number of rotatable bonds is 0. The molecule has 3 rings (SSSR count). The summed E-state index contributed by atoms with van der Waals surface area (Å²) in [5.41, 5.74) is 2.76. The van der Waals surface area contributed by atoms with Crippen molar-refractivity contribution in [1.29, 1.82) is 0 Å². The van der Waals surface area contributed by atoms with Crippen molar-refractivity contribution in [3.63, 3.8) is 0 Å². The van der Waals surface area contributed by atoms with Gasteiger partial charge < -0.3 is 4.70 Å². The fourth-order valence-electron chi connectivity index (χ4n) is 2.54. The number of fused-ring (bicyclic) bond motifs is 3. The Hall–Kier alpha value is -1.53. The number of hydrogen-bond donors (Lipinski definition) is 0. The van der Waals surface area contributed by atoms with Gasteiger partial charge >= 0.3 is 7.54 Å². The van der Waals surface area contributed by atoms with Crippen LogP contribution in [-0.2, 0) is 20.0 Å². The minimum Gasteiger partial charge on any atom is -1.00 e. The Labute approximate surface area is 116 Å². The van der Waals surface area contributed by atoms with Crippen LogP contribution in [0.25, 0.3) is 11.0 Å². The van der Waals surface area contributed by atoms with Crippen molar-refractivity contribution in [2.75, 3.05) is 0 Å². The van der Waals surface area contributed by atoms with Crippen LogP contribution in [0.5, 0.6) is 0 Å². The van der Waals surface area contributed by atoms with Crippen molar-refractivity contribution in [3.05, 3.63) is 30.1 Å². The van der Waals surface area contributed by atoms with Crippen LogP contribution in [-0.4, -0.2) is 12.1 Å². The summed E-state index contributed by atoms with van der Waals surface area (Å²) in [4.78, 5) is 0. The molecule has 0 saturated carbocycles. The second-order valence-corrected chi connectivity index (χ2v) is 4.32. The number of para-hydroxylation sites is 2. The largest absolute Gasteiger partial charge is 1.00 e. The molecule has 0 fully saturated rings. The minimum atomic E-state index is -3.67. The van der Waals surface area contributed by atoms with Gasteiger partial charge in [0.2, 0.25) is 0 Å². The van der Waals surface area contributed by atoms with Crippen LogP contribution in [0.4, 0.5) is 12.9 Å². The topological polar surface area (TPSA) is 8.81 Å². The van der Waals surface area contributed by atoms with E-state index >= 15 is 0 Å². The Bertz CT molecular complexity index is 540. The van der Waals surface area contributed by atoms with E-state index in [0.717, 1.165) is 0 Å². The first-order valence-corrected chi connectivity index (χ1v) is 5.99. The molecular formula is C13H19BF4N2. The summed E-state index contributed by atoms with van der Waals surface area (Å²) < 4.78 is 33.8. The predicted octanol–water partition coefficient (Wildman–Crippen LogP) is 0.322. The Morgan fingerprint density at radius 3 is 2.40 bits per heavy atom. The first kappa shape index (κ1) is 18.5.